The molecule has 0 unspecified atom stereocenters. The molecule has 0 saturated carbocycles. The first-order chi connectivity index (χ1) is 12.7. The number of hydrogen-bond donors (Lipinski definition) is 1. The van der Waals surface area contributed by atoms with E-state index in [9.17, 15) is 18.0 Å². The summed E-state index contributed by atoms with van der Waals surface area (Å²) < 4.78 is 33.7. The van der Waals surface area contributed by atoms with Gasteiger partial charge in [0, 0.05) is 12.8 Å². The Balaban J connectivity index is 2.06. The summed E-state index contributed by atoms with van der Waals surface area (Å²) in [5, 5.41) is 0. The van der Waals surface area contributed by atoms with Crippen molar-refractivity contribution in [1.82, 2.24) is 0 Å². The summed E-state index contributed by atoms with van der Waals surface area (Å²) in [5.74, 6) is -0.581. The zero-order valence-electron chi connectivity index (χ0n) is 15.3. The third kappa shape index (κ3) is 3.52. The molecule has 1 N–H and O–H groups in total. The Bertz CT molecular complexity index is 1010. The predicted molar refractivity (Wildman–Crippen MR) is 101 cm³/mol. The number of benzene rings is 2. The van der Waals surface area contributed by atoms with E-state index in [1.165, 1.54) is 25.3 Å². The van der Waals surface area contributed by atoms with Crippen LogP contribution >= 0.6 is 0 Å². The standard InChI is InChI=1S/C19H20N2O5S/c1-12-5-4-6-15(13(12)2)20-27(24,25)17-11-14(7-8-16(17)26-3)21-18(22)9-10-19(21)23/h4-8,11,20H,9-10H2,1-3H3. The second kappa shape index (κ2) is 7.03. The molecule has 1 fully saturated rings. The summed E-state index contributed by atoms with van der Waals surface area (Å²) in [4.78, 5) is 24.8. The Morgan fingerprint density at radius 3 is 2.33 bits per heavy atom. The average Bonchev–Trinajstić information content (AvgIpc) is 2.97. The molecule has 0 aromatic heterocycles. The topological polar surface area (TPSA) is 92.8 Å². The molecule has 27 heavy (non-hydrogen) atoms. The van der Waals surface area contributed by atoms with E-state index in [0.29, 0.717) is 5.69 Å². The number of hydrogen-bond acceptors (Lipinski definition) is 5. The zero-order valence-corrected chi connectivity index (χ0v) is 16.1. The van der Waals surface area contributed by atoms with Crippen LogP contribution in [0.1, 0.15) is 24.0 Å². The quantitative estimate of drug-likeness (QED) is 0.795. The van der Waals surface area contributed by atoms with Crippen LogP contribution in [0.3, 0.4) is 0 Å². The van der Waals surface area contributed by atoms with Gasteiger partial charge in [-0.25, -0.2) is 8.42 Å². The molecule has 0 bridgehead atoms. The number of ether oxygens (including phenoxy) is 1. The number of nitrogens with one attached hydrogen (secondary N) is 1. The van der Waals surface area contributed by atoms with Gasteiger partial charge in [0.1, 0.15) is 10.6 Å². The van der Waals surface area contributed by atoms with Crippen LogP contribution in [0.25, 0.3) is 0 Å². The van der Waals surface area contributed by atoms with Gasteiger partial charge in [0.2, 0.25) is 11.8 Å². The Morgan fingerprint density at radius 1 is 1.04 bits per heavy atom. The number of imide groups is 1. The highest BCUT2D eigenvalue weighted by atomic mass is 32.2. The maximum atomic E-state index is 13.0. The van der Waals surface area contributed by atoms with E-state index in [1.807, 2.05) is 19.9 Å². The van der Waals surface area contributed by atoms with Crippen molar-refractivity contribution in [1.29, 1.82) is 0 Å². The summed E-state index contributed by atoms with van der Waals surface area (Å²) in [6.45, 7) is 3.71. The van der Waals surface area contributed by atoms with Gasteiger partial charge in [0.05, 0.1) is 18.5 Å². The third-order valence-electron chi connectivity index (χ3n) is 4.60. The molecule has 2 aromatic rings. The highest BCUT2D eigenvalue weighted by Crippen LogP contribution is 2.33. The van der Waals surface area contributed by atoms with Crippen LogP contribution in [-0.2, 0) is 19.6 Å². The van der Waals surface area contributed by atoms with Crippen molar-refractivity contribution < 1.29 is 22.7 Å². The SMILES string of the molecule is COc1ccc(N2C(=O)CCC2=O)cc1S(=O)(=O)Nc1cccc(C)c1C. The fourth-order valence-corrected chi connectivity index (χ4v) is 4.25. The van der Waals surface area contributed by atoms with Gasteiger partial charge in [-0.05, 0) is 49.2 Å². The number of carbonyl (C=O) groups is 2. The van der Waals surface area contributed by atoms with Gasteiger partial charge in [0.15, 0.2) is 0 Å². The van der Waals surface area contributed by atoms with Gasteiger partial charge in [-0.15, -0.1) is 0 Å². The predicted octanol–water partition coefficient (Wildman–Crippen LogP) is 2.77. The van der Waals surface area contributed by atoms with Gasteiger partial charge in [-0.1, -0.05) is 12.1 Å². The number of rotatable bonds is 5. The van der Waals surface area contributed by atoms with E-state index in [2.05, 4.69) is 4.72 Å². The summed E-state index contributed by atoms with van der Waals surface area (Å²) in [7, 11) is -2.65. The molecule has 8 heteroatoms. The fraction of sp³-hybridized carbons (Fsp3) is 0.263. The lowest BCUT2D eigenvalue weighted by Crippen LogP contribution is -2.28. The molecule has 1 aliphatic heterocycles. The monoisotopic (exact) mass is 388 g/mol. The number of methoxy groups -OCH3 is 1. The van der Waals surface area contributed by atoms with Gasteiger partial charge >= 0.3 is 0 Å². The lowest BCUT2D eigenvalue weighted by Gasteiger charge is -2.18. The molecule has 1 aliphatic rings. The maximum Gasteiger partial charge on any atom is 0.265 e. The van der Waals surface area contributed by atoms with Crippen molar-refractivity contribution in [3.8, 4) is 5.75 Å². The Morgan fingerprint density at radius 2 is 1.70 bits per heavy atom. The molecule has 2 amide bonds. The van der Waals surface area contributed by atoms with Crippen LogP contribution in [0.2, 0.25) is 0 Å². The minimum absolute atomic E-state index is 0.119. The normalized spacial score (nSPS) is 14.6. The average molecular weight is 388 g/mol. The van der Waals surface area contributed by atoms with Gasteiger partial charge < -0.3 is 4.74 Å². The summed E-state index contributed by atoms with van der Waals surface area (Å²) in [6, 6.07) is 9.54. The Hall–Kier alpha value is -2.87. The summed E-state index contributed by atoms with van der Waals surface area (Å²) in [6.07, 6.45) is 0.237. The van der Waals surface area contributed by atoms with Gasteiger partial charge in [-0.3, -0.25) is 19.2 Å². The molecule has 0 spiro atoms. The van der Waals surface area contributed by atoms with E-state index in [0.717, 1.165) is 16.0 Å². The van der Waals surface area contributed by atoms with Crippen LogP contribution in [0.15, 0.2) is 41.3 Å². The van der Waals surface area contributed by atoms with E-state index in [-0.39, 0.29) is 41.0 Å². The summed E-state index contributed by atoms with van der Waals surface area (Å²) in [5.41, 5.74) is 2.42. The zero-order chi connectivity index (χ0) is 19.8. The van der Waals surface area contributed by atoms with Crippen LogP contribution in [0.5, 0.6) is 5.75 Å². The van der Waals surface area contributed by atoms with Crippen LogP contribution < -0.4 is 14.4 Å². The molecule has 7 nitrogen and oxygen atoms in total. The first kappa shape index (κ1) is 18.9. The Labute approximate surface area is 158 Å². The smallest absolute Gasteiger partial charge is 0.265 e. The lowest BCUT2D eigenvalue weighted by atomic mass is 10.1. The van der Waals surface area contributed by atoms with Crippen molar-refractivity contribution in [3.05, 3.63) is 47.5 Å². The van der Waals surface area contributed by atoms with E-state index in [1.54, 1.807) is 12.1 Å². The third-order valence-corrected chi connectivity index (χ3v) is 5.98. The van der Waals surface area contributed by atoms with E-state index < -0.39 is 10.0 Å². The molecule has 3 rings (SSSR count). The minimum atomic E-state index is -4.01. The first-order valence-electron chi connectivity index (χ1n) is 8.37. The van der Waals surface area contributed by atoms with Crippen molar-refractivity contribution in [2.45, 2.75) is 31.6 Å². The number of anilines is 2. The van der Waals surface area contributed by atoms with Crippen molar-refractivity contribution in [3.63, 3.8) is 0 Å². The molecule has 2 aromatic carbocycles. The Kier molecular flexibility index (Phi) is 4.93. The highest BCUT2D eigenvalue weighted by Gasteiger charge is 2.32. The number of carbonyl (C=O) groups excluding carboxylic acids is 2. The van der Waals surface area contributed by atoms with E-state index >= 15 is 0 Å². The molecule has 0 radical (unpaired) electrons. The van der Waals surface area contributed by atoms with Crippen molar-refractivity contribution in [2.24, 2.45) is 0 Å². The fourth-order valence-electron chi connectivity index (χ4n) is 2.94. The van der Waals surface area contributed by atoms with Gasteiger partial charge in [0.25, 0.3) is 10.0 Å². The van der Waals surface area contributed by atoms with Gasteiger partial charge in [-0.2, -0.15) is 0 Å². The molecule has 0 aliphatic carbocycles. The van der Waals surface area contributed by atoms with Crippen LogP contribution in [0.4, 0.5) is 11.4 Å². The molecule has 1 heterocycles. The molecular weight excluding hydrogens is 368 g/mol. The number of amides is 2. The molecule has 142 valence electrons. The van der Waals surface area contributed by atoms with E-state index in [4.69, 9.17) is 4.74 Å². The number of nitrogens with zero attached hydrogens (tertiary/aromatic N) is 1. The number of aryl methyl sites for hydroxylation is 1. The van der Waals surface area contributed by atoms with Crippen molar-refractivity contribution >= 4 is 33.2 Å². The van der Waals surface area contributed by atoms with Crippen LogP contribution in [0, 0.1) is 13.8 Å². The number of sulfonamides is 1. The van der Waals surface area contributed by atoms with Crippen LogP contribution in [-0.4, -0.2) is 27.3 Å². The highest BCUT2D eigenvalue weighted by molar-refractivity contribution is 7.92. The molecular formula is C19H20N2O5S. The first-order valence-corrected chi connectivity index (χ1v) is 9.86. The van der Waals surface area contributed by atoms with Crippen molar-refractivity contribution in [2.75, 3.05) is 16.7 Å². The minimum Gasteiger partial charge on any atom is -0.495 e. The largest absolute Gasteiger partial charge is 0.495 e. The second-order valence-electron chi connectivity index (χ2n) is 6.31. The molecule has 0 atom stereocenters. The maximum absolute atomic E-state index is 13.0. The molecule has 1 saturated heterocycles. The second-order valence-corrected chi connectivity index (χ2v) is 7.96. The summed E-state index contributed by atoms with van der Waals surface area (Å²) >= 11 is 0. The lowest BCUT2D eigenvalue weighted by molar-refractivity contribution is -0.121.